The van der Waals surface area contributed by atoms with Crippen LogP contribution in [0.1, 0.15) is 30.5 Å². The van der Waals surface area contributed by atoms with Gasteiger partial charge in [-0.15, -0.1) is 0 Å². The number of anilines is 1. The maximum absolute atomic E-state index is 13.6. The molecule has 1 atom stereocenters. The maximum atomic E-state index is 13.6. The van der Waals surface area contributed by atoms with Crippen molar-refractivity contribution in [1.29, 1.82) is 0 Å². The number of carbonyl (C=O) groups excluding carboxylic acids is 2. The number of para-hydroxylation sites is 2. The fourth-order valence-electron chi connectivity index (χ4n) is 4.53. The Labute approximate surface area is 178 Å². The SMILES string of the molecule is CCCN1C(=O)Cc2ccccc2[C@H]1C(=O)N1CCN(c2ccccc2OC)CC1. The van der Waals surface area contributed by atoms with E-state index in [1.54, 1.807) is 12.0 Å². The first-order valence-electron chi connectivity index (χ1n) is 10.7. The lowest BCUT2D eigenvalue weighted by Gasteiger charge is -2.42. The lowest BCUT2D eigenvalue weighted by atomic mass is 9.91. The molecule has 0 aromatic heterocycles. The first-order valence-corrected chi connectivity index (χ1v) is 10.7. The van der Waals surface area contributed by atoms with Gasteiger partial charge >= 0.3 is 0 Å². The Kier molecular flexibility index (Phi) is 5.93. The summed E-state index contributed by atoms with van der Waals surface area (Å²) in [5.41, 5.74) is 3.00. The second kappa shape index (κ2) is 8.78. The highest BCUT2D eigenvalue weighted by Crippen LogP contribution is 2.33. The van der Waals surface area contributed by atoms with Crippen LogP contribution < -0.4 is 9.64 Å². The average Bonchev–Trinajstić information content (AvgIpc) is 2.79. The molecule has 6 heteroatoms. The number of piperazine rings is 1. The van der Waals surface area contributed by atoms with E-state index in [1.807, 2.05) is 54.3 Å². The zero-order valence-electron chi connectivity index (χ0n) is 17.7. The third-order valence-electron chi connectivity index (χ3n) is 6.04. The molecular formula is C24H29N3O3. The minimum Gasteiger partial charge on any atom is -0.495 e. The largest absolute Gasteiger partial charge is 0.495 e. The van der Waals surface area contributed by atoms with Crippen molar-refractivity contribution in [2.24, 2.45) is 0 Å². The van der Waals surface area contributed by atoms with E-state index in [1.165, 1.54) is 0 Å². The molecule has 2 aromatic rings. The molecule has 6 nitrogen and oxygen atoms in total. The molecule has 0 aliphatic carbocycles. The summed E-state index contributed by atoms with van der Waals surface area (Å²) in [6.07, 6.45) is 1.21. The van der Waals surface area contributed by atoms with Gasteiger partial charge in [0.25, 0.3) is 0 Å². The van der Waals surface area contributed by atoms with Gasteiger partial charge in [-0.05, 0) is 29.7 Å². The van der Waals surface area contributed by atoms with Gasteiger partial charge in [0.1, 0.15) is 11.8 Å². The summed E-state index contributed by atoms with van der Waals surface area (Å²) in [5.74, 6) is 0.920. The summed E-state index contributed by atoms with van der Waals surface area (Å²) in [7, 11) is 1.68. The summed E-state index contributed by atoms with van der Waals surface area (Å²) in [6, 6.07) is 15.3. The standard InChI is InChI=1S/C24H29N3O3/c1-3-12-27-22(28)17-18-8-4-5-9-19(18)23(27)24(29)26-15-13-25(14-16-26)20-10-6-7-11-21(20)30-2/h4-11,23H,3,12-17H2,1-2H3/t23-/m0/s1. The van der Waals surface area contributed by atoms with E-state index < -0.39 is 6.04 Å². The molecule has 2 aliphatic heterocycles. The third kappa shape index (κ3) is 3.74. The number of ether oxygens (including phenoxy) is 1. The Morgan fingerprint density at radius 1 is 1.03 bits per heavy atom. The normalized spacial score (nSPS) is 18.9. The minimum absolute atomic E-state index is 0.0311. The molecule has 2 aliphatic rings. The molecule has 30 heavy (non-hydrogen) atoms. The van der Waals surface area contributed by atoms with Crippen LogP contribution in [0.2, 0.25) is 0 Å². The Morgan fingerprint density at radius 3 is 2.47 bits per heavy atom. The topological polar surface area (TPSA) is 53.1 Å². The van der Waals surface area contributed by atoms with Gasteiger partial charge in [-0.1, -0.05) is 43.3 Å². The van der Waals surface area contributed by atoms with Crippen LogP contribution >= 0.6 is 0 Å². The number of rotatable bonds is 5. The van der Waals surface area contributed by atoms with Gasteiger partial charge in [0, 0.05) is 32.7 Å². The van der Waals surface area contributed by atoms with E-state index in [9.17, 15) is 9.59 Å². The monoisotopic (exact) mass is 407 g/mol. The molecule has 2 heterocycles. The van der Waals surface area contributed by atoms with Gasteiger partial charge in [0.2, 0.25) is 11.8 Å². The zero-order chi connectivity index (χ0) is 21.1. The number of amides is 2. The number of fused-ring (bicyclic) bond motifs is 1. The number of nitrogens with zero attached hydrogens (tertiary/aromatic N) is 3. The molecule has 0 bridgehead atoms. The number of benzene rings is 2. The highest BCUT2D eigenvalue weighted by Gasteiger charge is 2.39. The molecule has 4 rings (SSSR count). The molecule has 2 amide bonds. The predicted molar refractivity (Wildman–Crippen MR) is 117 cm³/mol. The second-order valence-corrected chi connectivity index (χ2v) is 7.85. The van der Waals surface area contributed by atoms with Crippen molar-refractivity contribution >= 4 is 17.5 Å². The quantitative estimate of drug-likeness (QED) is 0.765. The molecule has 0 spiro atoms. The van der Waals surface area contributed by atoms with E-state index in [0.29, 0.717) is 26.1 Å². The van der Waals surface area contributed by atoms with Gasteiger partial charge in [0.05, 0.1) is 19.2 Å². The lowest BCUT2D eigenvalue weighted by Crippen LogP contribution is -2.54. The maximum Gasteiger partial charge on any atom is 0.250 e. The van der Waals surface area contributed by atoms with Crippen molar-refractivity contribution in [2.75, 3.05) is 44.7 Å². The summed E-state index contributed by atoms with van der Waals surface area (Å²) >= 11 is 0. The van der Waals surface area contributed by atoms with Crippen LogP contribution in [0.5, 0.6) is 5.75 Å². The Balaban J connectivity index is 1.53. The van der Waals surface area contributed by atoms with Crippen molar-refractivity contribution in [3.05, 3.63) is 59.7 Å². The van der Waals surface area contributed by atoms with Crippen LogP contribution in [0.4, 0.5) is 5.69 Å². The zero-order valence-corrected chi connectivity index (χ0v) is 17.7. The molecule has 1 fully saturated rings. The molecule has 0 saturated carbocycles. The van der Waals surface area contributed by atoms with E-state index in [2.05, 4.69) is 11.0 Å². The molecule has 0 N–H and O–H groups in total. The Morgan fingerprint density at radius 2 is 1.73 bits per heavy atom. The first kappa shape index (κ1) is 20.3. The van der Waals surface area contributed by atoms with E-state index in [0.717, 1.165) is 42.1 Å². The number of carbonyl (C=O) groups is 2. The fraction of sp³-hybridized carbons (Fsp3) is 0.417. The van der Waals surface area contributed by atoms with E-state index in [4.69, 9.17) is 4.74 Å². The highest BCUT2D eigenvalue weighted by molar-refractivity contribution is 5.92. The van der Waals surface area contributed by atoms with E-state index >= 15 is 0 Å². The van der Waals surface area contributed by atoms with Crippen molar-refractivity contribution in [3.8, 4) is 5.75 Å². The Hall–Kier alpha value is -3.02. The summed E-state index contributed by atoms with van der Waals surface area (Å²) in [6.45, 7) is 5.38. The van der Waals surface area contributed by atoms with Crippen molar-refractivity contribution in [1.82, 2.24) is 9.80 Å². The van der Waals surface area contributed by atoms with Gasteiger partial charge in [-0.3, -0.25) is 9.59 Å². The fourth-order valence-corrected chi connectivity index (χ4v) is 4.53. The summed E-state index contributed by atoms with van der Waals surface area (Å²) in [4.78, 5) is 32.3. The van der Waals surface area contributed by atoms with Crippen LogP contribution in [0.3, 0.4) is 0 Å². The molecule has 1 saturated heterocycles. The lowest BCUT2D eigenvalue weighted by molar-refractivity contribution is -0.147. The number of hydrogen-bond donors (Lipinski definition) is 0. The smallest absolute Gasteiger partial charge is 0.250 e. The van der Waals surface area contributed by atoms with Crippen LogP contribution in [-0.2, 0) is 16.0 Å². The van der Waals surface area contributed by atoms with Crippen LogP contribution in [0.15, 0.2) is 48.5 Å². The van der Waals surface area contributed by atoms with Crippen LogP contribution in [-0.4, -0.2) is 61.4 Å². The molecule has 0 radical (unpaired) electrons. The molecule has 2 aromatic carbocycles. The third-order valence-corrected chi connectivity index (χ3v) is 6.04. The number of hydrogen-bond acceptors (Lipinski definition) is 4. The van der Waals surface area contributed by atoms with Crippen molar-refractivity contribution in [2.45, 2.75) is 25.8 Å². The first-order chi connectivity index (χ1) is 14.6. The predicted octanol–water partition coefficient (Wildman–Crippen LogP) is 2.88. The van der Waals surface area contributed by atoms with Gasteiger partial charge in [0.15, 0.2) is 0 Å². The minimum atomic E-state index is -0.514. The van der Waals surface area contributed by atoms with Crippen LogP contribution in [0, 0.1) is 0 Å². The van der Waals surface area contributed by atoms with Gasteiger partial charge in [-0.25, -0.2) is 0 Å². The van der Waals surface area contributed by atoms with Gasteiger partial charge < -0.3 is 19.4 Å². The van der Waals surface area contributed by atoms with Crippen LogP contribution in [0.25, 0.3) is 0 Å². The molecule has 158 valence electrons. The average molecular weight is 408 g/mol. The van der Waals surface area contributed by atoms with Crippen molar-refractivity contribution in [3.63, 3.8) is 0 Å². The van der Waals surface area contributed by atoms with Crippen molar-refractivity contribution < 1.29 is 14.3 Å². The second-order valence-electron chi connectivity index (χ2n) is 7.85. The summed E-state index contributed by atoms with van der Waals surface area (Å²) < 4.78 is 5.49. The van der Waals surface area contributed by atoms with Gasteiger partial charge in [-0.2, -0.15) is 0 Å². The summed E-state index contributed by atoms with van der Waals surface area (Å²) in [5, 5.41) is 0. The number of methoxy groups -OCH3 is 1. The highest BCUT2D eigenvalue weighted by atomic mass is 16.5. The molecular weight excluding hydrogens is 378 g/mol. The molecule has 0 unspecified atom stereocenters. The van der Waals surface area contributed by atoms with E-state index in [-0.39, 0.29) is 11.8 Å². The Bertz CT molecular complexity index is 921.